The topological polar surface area (TPSA) is 86.5 Å². The smallest absolute Gasteiger partial charge is 0.344 e. The maximum absolute atomic E-state index is 11.7. The Labute approximate surface area is 127 Å². The van der Waals surface area contributed by atoms with Crippen LogP contribution in [-0.2, 0) is 11.3 Å². The Morgan fingerprint density at radius 2 is 2.29 bits per heavy atom. The molecular weight excluding hydrogens is 290 g/mol. The van der Waals surface area contributed by atoms with Crippen molar-refractivity contribution in [3.05, 3.63) is 35.4 Å². The molecule has 3 N–H and O–H groups in total. The molecule has 1 aromatic heterocycles. The molecule has 0 atom stereocenters. The van der Waals surface area contributed by atoms with Crippen LogP contribution >= 0.6 is 11.5 Å². The largest absolute Gasteiger partial charge is 0.494 e. The fourth-order valence-electron chi connectivity index (χ4n) is 1.82. The van der Waals surface area contributed by atoms with E-state index in [-0.39, 0.29) is 11.4 Å². The summed E-state index contributed by atoms with van der Waals surface area (Å²) in [5, 5.41) is 3.75. The van der Waals surface area contributed by atoms with Crippen molar-refractivity contribution in [3.63, 3.8) is 0 Å². The van der Waals surface area contributed by atoms with E-state index < -0.39 is 5.97 Å². The summed E-state index contributed by atoms with van der Waals surface area (Å²) in [6.07, 6.45) is 0. The number of anilines is 2. The van der Waals surface area contributed by atoms with Gasteiger partial charge in [-0.2, -0.15) is 4.37 Å². The van der Waals surface area contributed by atoms with E-state index in [0.717, 1.165) is 22.8 Å². The number of nitrogens with two attached hydrogens (primary N) is 1. The number of nitrogen functional groups attached to an aromatic ring is 1. The van der Waals surface area contributed by atoms with Crippen molar-refractivity contribution in [1.29, 1.82) is 0 Å². The maximum atomic E-state index is 11.7. The number of carbonyl (C=O) groups excluding carboxylic acids is 1. The maximum Gasteiger partial charge on any atom is 0.344 e. The van der Waals surface area contributed by atoms with E-state index in [9.17, 15) is 4.79 Å². The fourth-order valence-corrected chi connectivity index (χ4v) is 2.51. The molecule has 7 heteroatoms. The third kappa shape index (κ3) is 3.63. The van der Waals surface area contributed by atoms with Crippen LogP contribution in [0.4, 0.5) is 10.8 Å². The molecule has 0 amide bonds. The van der Waals surface area contributed by atoms with E-state index in [2.05, 4.69) is 9.69 Å². The second kappa shape index (κ2) is 6.94. The summed E-state index contributed by atoms with van der Waals surface area (Å²) >= 11 is 1.14. The first-order valence-corrected chi connectivity index (χ1v) is 7.22. The van der Waals surface area contributed by atoms with Gasteiger partial charge in [0.25, 0.3) is 0 Å². The normalized spacial score (nSPS) is 10.2. The molecule has 0 saturated heterocycles. The number of methoxy groups -OCH3 is 1. The van der Waals surface area contributed by atoms with Crippen molar-refractivity contribution in [3.8, 4) is 5.75 Å². The lowest BCUT2D eigenvalue weighted by atomic mass is 10.2. The Morgan fingerprint density at radius 1 is 1.48 bits per heavy atom. The molecule has 21 heavy (non-hydrogen) atoms. The minimum Gasteiger partial charge on any atom is -0.494 e. The highest BCUT2D eigenvalue weighted by atomic mass is 32.1. The number of aromatic nitrogens is 1. The summed E-state index contributed by atoms with van der Waals surface area (Å²) in [4.78, 5) is 11.7. The summed E-state index contributed by atoms with van der Waals surface area (Å²) in [6, 6.07) is 7.73. The minimum atomic E-state index is -0.494. The fraction of sp³-hybridized carbons (Fsp3) is 0.286. The first-order valence-electron chi connectivity index (χ1n) is 6.44. The molecule has 0 aliphatic carbocycles. The van der Waals surface area contributed by atoms with Gasteiger partial charge in [0.1, 0.15) is 16.3 Å². The van der Waals surface area contributed by atoms with E-state index in [1.165, 1.54) is 7.11 Å². The average Bonchev–Trinajstić information content (AvgIpc) is 2.86. The van der Waals surface area contributed by atoms with Gasteiger partial charge < -0.3 is 20.5 Å². The Hall–Kier alpha value is -2.28. The Bertz CT molecular complexity index is 628. The predicted octanol–water partition coefficient (Wildman–Crippen LogP) is 2.52. The lowest BCUT2D eigenvalue weighted by molar-refractivity contribution is 0.0603. The van der Waals surface area contributed by atoms with Crippen LogP contribution in [0.5, 0.6) is 5.75 Å². The number of nitrogens with one attached hydrogen (secondary N) is 1. The first-order chi connectivity index (χ1) is 10.2. The summed E-state index contributed by atoms with van der Waals surface area (Å²) in [5.41, 5.74) is 7.00. The van der Waals surface area contributed by atoms with Crippen molar-refractivity contribution in [1.82, 2.24) is 4.37 Å². The van der Waals surface area contributed by atoms with E-state index in [4.69, 9.17) is 15.2 Å². The van der Waals surface area contributed by atoms with E-state index >= 15 is 0 Å². The van der Waals surface area contributed by atoms with Gasteiger partial charge in [-0.15, -0.1) is 0 Å². The SMILES string of the molecule is CCOc1cccc(CNc2snc(N)c2C(=O)OC)c1. The lowest BCUT2D eigenvalue weighted by Crippen LogP contribution is -2.08. The van der Waals surface area contributed by atoms with Crippen molar-refractivity contribution in [2.75, 3.05) is 24.8 Å². The van der Waals surface area contributed by atoms with Crippen LogP contribution in [0.1, 0.15) is 22.8 Å². The van der Waals surface area contributed by atoms with Crippen LogP contribution in [-0.4, -0.2) is 24.1 Å². The van der Waals surface area contributed by atoms with Crippen LogP contribution < -0.4 is 15.8 Å². The molecule has 0 unspecified atom stereocenters. The third-order valence-electron chi connectivity index (χ3n) is 2.77. The highest BCUT2D eigenvalue weighted by Crippen LogP contribution is 2.28. The summed E-state index contributed by atoms with van der Waals surface area (Å²) in [7, 11) is 1.31. The van der Waals surface area contributed by atoms with Crippen LogP contribution in [0.3, 0.4) is 0 Å². The van der Waals surface area contributed by atoms with Crippen molar-refractivity contribution >= 4 is 28.3 Å². The molecule has 0 bridgehead atoms. The van der Waals surface area contributed by atoms with Crippen LogP contribution in [0.15, 0.2) is 24.3 Å². The van der Waals surface area contributed by atoms with Gasteiger partial charge in [-0.1, -0.05) is 12.1 Å². The molecule has 0 aliphatic heterocycles. The number of ether oxygens (including phenoxy) is 2. The molecule has 112 valence electrons. The predicted molar refractivity (Wildman–Crippen MR) is 82.8 cm³/mol. The molecule has 0 saturated carbocycles. The monoisotopic (exact) mass is 307 g/mol. The Morgan fingerprint density at radius 3 is 3.00 bits per heavy atom. The second-order valence-corrected chi connectivity index (χ2v) is 4.97. The van der Waals surface area contributed by atoms with Crippen LogP contribution in [0.25, 0.3) is 0 Å². The molecule has 0 spiro atoms. The van der Waals surface area contributed by atoms with Crippen LogP contribution in [0, 0.1) is 0 Å². The lowest BCUT2D eigenvalue weighted by Gasteiger charge is -2.08. The number of benzene rings is 1. The highest BCUT2D eigenvalue weighted by Gasteiger charge is 2.19. The van der Waals surface area contributed by atoms with E-state index in [1.54, 1.807) is 0 Å². The van der Waals surface area contributed by atoms with Gasteiger partial charge in [-0.3, -0.25) is 0 Å². The van der Waals surface area contributed by atoms with Crippen LogP contribution in [0.2, 0.25) is 0 Å². The zero-order valence-electron chi connectivity index (χ0n) is 11.9. The number of esters is 1. The first kappa shape index (κ1) is 15.1. The summed E-state index contributed by atoms with van der Waals surface area (Å²) in [5.74, 6) is 0.498. The van der Waals surface area contributed by atoms with Gasteiger partial charge in [0.15, 0.2) is 5.82 Å². The molecular formula is C14H17N3O3S. The summed E-state index contributed by atoms with van der Waals surface area (Å²) in [6.45, 7) is 3.09. The second-order valence-electron chi connectivity index (χ2n) is 4.20. The van der Waals surface area contributed by atoms with Gasteiger partial charge in [-0.05, 0) is 36.2 Å². The van der Waals surface area contributed by atoms with E-state index in [1.807, 2.05) is 31.2 Å². The van der Waals surface area contributed by atoms with E-state index in [0.29, 0.717) is 18.2 Å². The van der Waals surface area contributed by atoms with Gasteiger partial charge in [0.2, 0.25) is 0 Å². The molecule has 0 radical (unpaired) electrons. The minimum absolute atomic E-state index is 0.178. The number of nitrogens with zero attached hydrogens (tertiary/aromatic N) is 1. The van der Waals surface area contributed by atoms with Crippen molar-refractivity contribution in [2.24, 2.45) is 0 Å². The number of carbonyl (C=O) groups is 1. The molecule has 1 heterocycles. The zero-order valence-corrected chi connectivity index (χ0v) is 12.7. The molecule has 6 nitrogen and oxygen atoms in total. The summed E-state index contributed by atoms with van der Waals surface area (Å²) < 4.78 is 14.1. The number of hydrogen-bond donors (Lipinski definition) is 2. The van der Waals surface area contributed by atoms with Gasteiger partial charge in [0, 0.05) is 6.54 Å². The highest BCUT2D eigenvalue weighted by molar-refractivity contribution is 7.11. The molecule has 2 aromatic rings. The molecule has 1 aromatic carbocycles. The molecule has 2 rings (SSSR count). The molecule has 0 aliphatic rings. The Kier molecular flexibility index (Phi) is 4.99. The number of rotatable bonds is 6. The van der Waals surface area contributed by atoms with Gasteiger partial charge >= 0.3 is 5.97 Å². The van der Waals surface area contributed by atoms with Crippen molar-refractivity contribution in [2.45, 2.75) is 13.5 Å². The van der Waals surface area contributed by atoms with Gasteiger partial charge in [-0.25, -0.2) is 4.79 Å². The standard InChI is InChI=1S/C14H17N3O3S/c1-3-20-10-6-4-5-9(7-10)8-16-13-11(14(18)19-2)12(15)17-21-13/h4-7,16H,3,8H2,1-2H3,(H2,15,17). The number of hydrogen-bond acceptors (Lipinski definition) is 7. The Balaban J connectivity index is 2.10. The average molecular weight is 307 g/mol. The third-order valence-corrected chi connectivity index (χ3v) is 3.59. The quantitative estimate of drug-likeness (QED) is 0.798. The molecule has 0 fully saturated rings. The van der Waals surface area contributed by atoms with Gasteiger partial charge in [0.05, 0.1) is 13.7 Å². The van der Waals surface area contributed by atoms with Crippen molar-refractivity contribution < 1.29 is 14.3 Å². The zero-order chi connectivity index (χ0) is 15.2.